The van der Waals surface area contributed by atoms with Crippen LogP contribution in [0.25, 0.3) is 0 Å². The second-order valence-corrected chi connectivity index (χ2v) is 4.29. The molecule has 84 valence electrons. The predicted octanol–water partition coefficient (Wildman–Crippen LogP) is 1.89. The third-order valence-electron chi connectivity index (χ3n) is 2.27. The molecule has 0 amide bonds. The number of Topliss-reactive ketones (excluding diaryl/α,β-unsaturated/α-hetero) is 1. The van der Waals surface area contributed by atoms with E-state index in [2.05, 4.69) is 5.10 Å². The van der Waals surface area contributed by atoms with E-state index in [4.69, 9.17) is 17.3 Å². The van der Waals surface area contributed by atoms with Crippen molar-refractivity contribution in [3.8, 4) is 0 Å². The van der Waals surface area contributed by atoms with E-state index in [1.807, 2.05) is 13.8 Å². The minimum Gasteiger partial charge on any atom is -0.330 e. The van der Waals surface area contributed by atoms with Gasteiger partial charge in [0, 0.05) is 18.5 Å². The van der Waals surface area contributed by atoms with Crippen LogP contribution in [-0.4, -0.2) is 22.1 Å². The Morgan fingerprint density at radius 3 is 2.67 bits per heavy atom. The molecule has 1 atom stereocenters. The predicted molar refractivity (Wildman–Crippen MR) is 60.2 cm³/mol. The average molecular weight is 230 g/mol. The third-order valence-corrected chi connectivity index (χ3v) is 2.55. The Bertz CT molecular complexity index is 360. The average Bonchev–Trinajstić information content (AvgIpc) is 2.58. The Labute approximate surface area is 94.4 Å². The summed E-state index contributed by atoms with van der Waals surface area (Å²) in [7, 11) is 0. The van der Waals surface area contributed by atoms with Gasteiger partial charge in [0.15, 0.2) is 5.78 Å². The van der Waals surface area contributed by atoms with Crippen LogP contribution in [0.2, 0.25) is 5.02 Å². The molecule has 5 heteroatoms. The molecule has 15 heavy (non-hydrogen) atoms. The largest absolute Gasteiger partial charge is 0.330 e. The summed E-state index contributed by atoms with van der Waals surface area (Å²) in [6, 6.07) is 0.112. The van der Waals surface area contributed by atoms with E-state index in [0.29, 0.717) is 17.3 Å². The van der Waals surface area contributed by atoms with Gasteiger partial charge in [-0.1, -0.05) is 18.5 Å². The zero-order valence-electron chi connectivity index (χ0n) is 9.20. The van der Waals surface area contributed by atoms with Crippen LogP contribution in [-0.2, 0) is 0 Å². The van der Waals surface area contributed by atoms with Gasteiger partial charge in [-0.15, -0.1) is 0 Å². The minimum absolute atomic E-state index is 0.0475. The van der Waals surface area contributed by atoms with Gasteiger partial charge in [0.1, 0.15) is 5.69 Å². The van der Waals surface area contributed by atoms with E-state index in [1.54, 1.807) is 11.6 Å². The van der Waals surface area contributed by atoms with Crippen LogP contribution in [0.15, 0.2) is 6.20 Å². The Morgan fingerprint density at radius 2 is 2.20 bits per heavy atom. The van der Waals surface area contributed by atoms with E-state index >= 15 is 0 Å². The van der Waals surface area contributed by atoms with Crippen LogP contribution >= 0.6 is 11.6 Å². The van der Waals surface area contributed by atoms with Crippen molar-refractivity contribution < 1.29 is 4.79 Å². The lowest BCUT2D eigenvalue weighted by molar-refractivity contribution is 0.0921. The molecular formula is C10H16ClN3O. The van der Waals surface area contributed by atoms with Crippen LogP contribution in [0.5, 0.6) is 0 Å². The molecule has 0 aliphatic heterocycles. The van der Waals surface area contributed by atoms with Crippen LogP contribution in [0, 0.1) is 5.92 Å². The lowest BCUT2D eigenvalue weighted by Crippen LogP contribution is -2.24. The van der Waals surface area contributed by atoms with Gasteiger partial charge >= 0.3 is 0 Å². The number of hydrogen-bond donors (Lipinski definition) is 1. The zero-order valence-corrected chi connectivity index (χ0v) is 9.95. The molecule has 0 saturated heterocycles. The third kappa shape index (κ3) is 2.38. The topological polar surface area (TPSA) is 60.9 Å². The van der Waals surface area contributed by atoms with Crippen molar-refractivity contribution in [3.63, 3.8) is 0 Å². The van der Waals surface area contributed by atoms with E-state index in [-0.39, 0.29) is 17.7 Å². The molecule has 1 aromatic heterocycles. The summed E-state index contributed by atoms with van der Waals surface area (Å²) < 4.78 is 1.64. The number of rotatable bonds is 4. The smallest absolute Gasteiger partial charge is 0.186 e. The fourth-order valence-electron chi connectivity index (χ4n) is 1.30. The van der Waals surface area contributed by atoms with Crippen molar-refractivity contribution in [1.82, 2.24) is 9.78 Å². The number of ketones is 1. The first kappa shape index (κ1) is 12.2. The van der Waals surface area contributed by atoms with Gasteiger partial charge in [0.25, 0.3) is 0 Å². The number of halogens is 1. The number of nitrogens with zero attached hydrogens (tertiary/aromatic N) is 2. The fraction of sp³-hybridized carbons (Fsp3) is 0.600. The highest BCUT2D eigenvalue weighted by Gasteiger charge is 2.22. The molecule has 0 spiro atoms. The van der Waals surface area contributed by atoms with Gasteiger partial charge in [0.2, 0.25) is 0 Å². The van der Waals surface area contributed by atoms with E-state index in [9.17, 15) is 4.79 Å². The lowest BCUT2D eigenvalue weighted by atomic mass is 10.0. The normalized spacial score (nSPS) is 13.2. The quantitative estimate of drug-likeness (QED) is 0.803. The zero-order chi connectivity index (χ0) is 11.6. The molecule has 2 N–H and O–H groups in total. The summed E-state index contributed by atoms with van der Waals surface area (Å²) >= 11 is 5.94. The summed E-state index contributed by atoms with van der Waals surface area (Å²) in [5.74, 6) is -0.273. The summed E-state index contributed by atoms with van der Waals surface area (Å²) in [5.41, 5.74) is 5.92. The first-order valence-corrected chi connectivity index (χ1v) is 5.34. The molecule has 1 unspecified atom stereocenters. The molecule has 0 saturated carbocycles. The SMILES string of the molecule is CC(CN)C(=O)c1c(Cl)cnn1C(C)C. The highest BCUT2D eigenvalue weighted by molar-refractivity contribution is 6.33. The van der Waals surface area contributed by atoms with Crippen molar-refractivity contribution >= 4 is 17.4 Å². The first-order valence-electron chi connectivity index (χ1n) is 4.96. The second kappa shape index (κ2) is 4.77. The standard InChI is InChI=1S/C10H16ClN3O/c1-6(2)14-9(8(11)5-13-14)10(15)7(3)4-12/h5-7H,4,12H2,1-3H3. The molecule has 0 fully saturated rings. The molecule has 0 aliphatic rings. The number of carbonyl (C=O) groups is 1. The molecule has 0 radical (unpaired) electrons. The molecule has 1 heterocycles. The van der Waals surface area contributed by atoms with Crippen molar-refractivity contribution in [3.05, 3.63) is 16.9 Å². The minimum atomic E-state index is -0.225. The maximum absolute atomic E-state index is 12.0. The summed E-state index contributed by atoms with van der Waals surface area (Å²) in [6.07, 6.45) is 1.50. The van der Waals surface area contributed by atoms with Gasteiger partial charge in [0.05, 0.1) is 11.2 Å². The number of aromatic nitrogens is 2. The van der Waals surface area contributed by atoms with Crippen molar-refractivity contribution in [2.24, 2.45) is 11.7 Å². The van der Waals surface area contributed by atoms with Crippen molar-refractivity contribution in [2.45, 2.75) is 26.8 Å². The Kier molecular flexibility index (Phi) is 3.88. The Hall–Kier alpha value is -0.870. The molecule has 0 bridgehead atoms. The lowest BCUT2D eigenvalue weighted by Gasteiger charge is -2.13. The second-order valence-electron chi connectivity index (χ2n) is 3.88. The van der Waals surface area contributed by atoms with Gasteiger partial charge < -0.3 is 5.73 Å². The van der Waals surface area contributed by atoms with Crippen molar-refractivity contribution in [1.29, 1.82) is 0 Å². The van der Waals surface area contributed by atoms with E-state index in [0.717, 1.165) is 0 Å². The Morgan fingerprint density at radius 1 is 1.60 bits per heavy atom. The number of nitrogens with two attached hydrogens (primary N) is 1. The molecule has 0 aromatic carbocycles. The van der Waals surface area contributed by atoms with Crippen LogP contribution in [0.1, 0.15) is 37.3 Å². The summed E-state index contributed by atoms with van der Waals surface area (Å²) in [6.45, 7) is 6.01. The molecular weight excluding hydrogens is 214 g/mol. The number of carbonyl (C=O) groups excluding carboxylic acids is 1. The monoisotopic (exact) mass is 229 g/mol. The molecule has 1 aromatic rings. The van der Waals surface area contributed by atoms with Gasteiger partial charge in [-0.2, -0.15) is 5.10 Å². The van der Waals surface area contributed by atoms with E-state index < -0.39 is 0 Å². The van der Waals surface area contributed by atoms with Crippen LogP contribution in [0.4, 0.5) is 0 Å². The van der Waals surface area contributed by atoms with Crippen LogP contribution in [0.3, 0.4) is 0 Å². The maximum Gasteiger partial charge on any atom is 0.186 e. The highest BCUT2D eigenvalue weighted by atomic mass is 35.5. The molecule has 0 aliphatic carbocycles. The molecule has 1 rings (SSSR count). The Balaban J connectivity index is 3.12. The van der Waals surface area contributed by atoms with Crippen LogP contribution < -0.4 is 5.73 Å². The highest BCUT2D eigenvalue weighted by Crippen LogP contribution is 2.21. The molecule has 4 nitrogen and oxygen atoms in total. The fourth-order valence-corrected chi connectivity index (χ4v) is 1.53. The van der Waals surface area contributed by atoms with Crippen molar-refractivity contribution in [2.75, 3.05) is 6.54 Å². The first-order chi connectivity index (χ1) is 6.99. The van der Waals surface area contributed by atoms with Gasteiger partial charge in [-0.05, 0) is 13.8 Å². The van der Waals surface area contributed by atoms with Gasteiger partial charge in [-0.3, -0.25) is 9.48 Å². The number of hydrogen-bond acceptors (Lipinski definition) is 3. The van der Waals surface area contributed by atoms with Gasteiger partial charge in [-0.25, -0.2) is 0 Å². The summed E-state index contributed by atoms with van der Waals surface area (Å²) in [5, 5.41) is 4.47. The summed E-state index contributed by atoms with van der Waals surface area (Å²) in [4.78, 5) is 12.0. The van der Waals surface area contributed by atoms with E-state index in [1.165, 1.54) is 6.20 Å². The maximum atomic E-state index is 12.0.